The summed E-state index contributed by atoms with van der Waals surface area (Å²) < 4.78 is 12.0. The van der Waals surface area contributed by atoms with Gasteiger partial charge in [-0.15, -0.1) is 0 Å². The van der Waals surface area contributed by atoms with Crippen molar-refractivity contribution < 1.29 is 19.1 Å². The van der Waals surface area contributed by atoms with Crippen molar-refractivity contribution in [2.24, 2.45) is 0 Å². The number of morpholine rings is 1. The maximum Gasteiger partial charge on any atom is 0.278 e. The maximum absolute atomic E-state index is 12.6. The van der Waals surface area contributed by atoms with Gasteiger partial charge in [-0.05, 0) is 6.92 Å². The van der Waals surface area contributed by atoms with Gasteiger partial charge < -0.3 is 19.8 Å². The van der Waals surface area contributed by atoms with Crippen molar-refractivity contribution in [2.45, 2.75) is 13.1 Å². The number of amides is 1. The van der Waals surface area contributed by atoms with Crippen molar-refractivity contribution in [1.29, 1.82) is 0 Å². The Kier molecular flexibility index (Phi) is 3.38. The first-order valence-corrected chi connectivity index (χ1v) is 6.61. The smallest absolute Gasteiger partial charge is 0.278 e. The quantitative estimate of drug-likeness (QED) is 0.782. The fraction of sp³-hybridized carbons (Fsp3) is 0.462. The third-order valence-electron chi connectivity index (χ3n) is 3.35. The molecule has 1 aromatic heterocycles. The molecule has 1 unspecified atom stereocenters. The zero-order valence-electron chi connectivity index (χ0n) is 11.5. The van der Waals surface area contributed by atoms with Crippen molar-refractivity contribution in [2.75, 3.05) is 31.8 Å². The third-order valence-corrected chi connectivity index (χ3v) is 3.35. The van der Waals surface area contributed by atoms with Crippen LogP contribution in [0.5, 0.6) is 5.75 Å². The van der Waals surface area contributed by atoms with Crippen LogP contribution in [-0.2, 0) is 9.53 Å². The molecule has 1 saturated heterocycles. The van der Waals surface area contributed by atoms with Gasteiger partial charge in [0.2, 0.25) is 5.43 Å². The van der Waals surface area contributed by atoms with Crippen LogP contribution in [0, 0.1) is 0 Å². The van der Waals surface area contributed by atoms with Gasteiger partial charge in [0.05, 0.1) is 13.2 Å². The summed E-state index contributed by atoms with van der Waals surface area (Å²) in [5.41, 5.74) is 2.76. The Labute approximate surface area is 120 Å². The fourth-order valence-electron chi connectivity index (χ4n) is 2.39. The molecule has 0 aromatic carbocycles. The molecule has 1 N–H and O–H groups in total. The van der Waals surface area contributed by atoms with Crippen LogP contribution in [0.3, 0.4) is 0 Å². The van der Waals surface area contributed by atoms with Gasteiger partial charge in [-0.25, -0.2) is 0 Å². The summed E-state index contributed by atoms with van der Waals surface area (Å²) in [7, 11) is 0. The summed E-state index contributed by atoms with van der Waals surface area (Å²) in [6.45, 7) is 2.37. The molecule has 3 rings (SSSR count). The number of nitrogens with zero attached hydrogens (tertiary/aromatic N) is 2. The number of ether oxygens (including phenoxy) is 2. The molecular weight excluding hydrogens is 278 g/mol. The van der Waals surface area contributed by atoms with E-state index in [-0.39, 0.29) is 35.9 Å². The Bertz CT molecular complexity index is 654. The van der Waals surface area contributed by atoms with Crippen LogP contribution in [-0.4, -0.2) is 53.8 Å². The number of hydrogen-bond acceptors (Lipinski definition) is 6. The van der Waals surface area contributed by atoms with E-state index in [1.54, 1.807) is 4.90 Å². The number of pyridine rings is 1. The Morgan fingerprint density at radius 1 is 1.52 bits per heavy atom. The number of aromatic nitrogens is 1. The second-order valence-corrected chi connectivity index (χ2v) is 4.94. The highest BCUT2D eigenvalue weighted by Gasteiger charge is 2.36. The molecule has 112 valence electrons. The Morgan fingerprint density at radius 3 is 3.10 bits per heavy atom. The highest BCUT2D eigenvalue weighted by molar-refractivity contribution is 5.96. The summed E-state index contributed by atoms with van der Waals surface area (Å²) in [6, 6.07) is 1.29. The van der Waals surface area contributed by atoms with Crippen LogP contribution in [0.1, 0.15) is 17.4 Å². The van der Waals surface area contributed by atoms with E-state index < -0.39 is 5.43 Å². The van der Waals surface area contributed by atoms with Crippen molar-refractivity contribution in [1.82, 2.24) is 9.58 Å². The molecule has 8 heteroatoms. The van der Waals surface area contributed by atoms with E-state index in [4.69, 9.17) is 9.47 Å². The van der Waals surface area contributed by atoms with E-state index in [0.29, 0.717) is 19.8 Å². The SMILES string of the molecule is CC(=O)COc1c2n(ccc1=O)NC1COCCN1C2=O. The number of fused-ring (bicyclic) bond motifs is 2. The van der Waals surface area contributed by atoms with E-state index in [2.05, 4.69) is 5.43 Å². The lowest BCUT2D eigenvalue weighted by atomic mass is 10.2. The molecule has 3 heterocycles. The molecule has 0 aliphatic carbocycles. The van der Waals surface area contributed by atoms with Gasteiger partial charge in [-0.1, -0.05) is 0 Å². The Hall–Kier alpha value is -2.35. The maximum atomic E-state index is 12.6. The van der Waals surface area contributed by atoms with Crippen LogP contribution in [0.2, 0.25) is 0 Å². The topological polar surface area (TPSA) is 89.9 Å². The van der Waals surface area contributed by atoms with Gasteiger partial charge in [-0.3, -0.25) is 19.1 Å². The summed E-state index contributed by atoms with van der Waals surface area (Å²) in [4.78, 5) is 37.2. The largest absolute Gasteiger partial charge is 0.479 e. The van der Waals surface area contributed by atoms with Crippen LogP contribution in [0.4, 0.5) is 0 Å². The lowest BCUT2D eigenvalue weighted by molar-refractivity contribution is -0.118. The van der Waals surface area contributed by atoms with Gasteiger partial charge in [0.15, 0.2) is 17.2 Å². The van der Waals surface area contributed by atoms with E-state index in [1.165, 1.54) is 23.9 Å². The van der Waals surface area contributed by atoms with Gasteiger partial charge in [0.25, 0.3) is 5.91 Å². The minimum Gasteiger partial charge on any atom is -0.479 e. The lowest BCUT2D eigenvalue weighted by Gasteiger charge is -2.41. The second kappa shape index (κ2) is 5.21. The molecule has 21 heavy (non-hydrogen) atoms. The second-order valence-electron chi connectivity index (χ2n) is 4.94. The molecule has 0 spiro atoms. The van der Waals surface area contributed by atoms with Gasteiger partial charge in [-0.2, -0.15) is 0 Å². The molecule has 1 atom stereocenters. The fourth-order valence-corrected chi connectivity index (χ4v) is 2.39. The molecule has 1 aromatic rings. The highest BCUT2D eigenvalue weighted by atomic mass is 16.5. The number of nitrogens with one attached hydrogen (secondary N) is 1. The molecule has 2 aliphatic rings. The van der Waals surface area contributed by atoms with E-state index in [0.717, 1.165) is 0 Å². The Balaban J connectivity index is 2.02. The van der Waals surface area contributed by atoms with Crippen LogP contribution in [0.15, 0.2) is 17.1 Å². The van der Waals surface area contributed by atoms with Gasteiger partial charge in [0.1, 0.15) is 12.8 Å². The standard InChI is InChI=1S/C13H15N3O5/c1-8(17)6-21-12-9(18)2-3-16-11(12)13(19)15-4-5-20-7-10(15)14-16/h2-3,10,14H,4-7H2,1H3. The average molecular weight is 293 g/mol. The summed E-state index contributed by atoms with van der Waals surface area (Å²) in [5.74, 6) is -0.633. The van der Waals surface area contributed by atoms with Crippen LogP contribution >= 0.6 is 0 Å². The normalized spacial score (nSPS) is 20.3. The van der Waals surface area contributed by atoms with E-state index in [1.807, 2.05) is 0 Å². The zero-order valence-corrected chi connectivity index (χ0v) is 11.5. The summed E-state index contributed by atoms with van der Waals surface area (Å²) >= 11 is 0. The van der Waals surface area contributed by atoms with E-state index in [9.17, 15) is 14.4 Å². The average Bonchev–Trinajstić information content (AvgIpc) is 2.47. The minimum absolute atomic E-state index is 0.102. The zero-order chi connectivity index (χ0) is 15.0. The first-order chi connectivity index (χ1) is 10.1. The van der Waals surface area contributed by atoms with Gasteiger partial charge in [0, 0.05) is 18.8 Å². The predicted molar refractivity (Wildman–Crippen MR) is 71.9 cm³/mol. The van der Waals surface area contributed by atoms with Crippen molar-refractivity contribution in [3.63, 3.8) is 0 Å². The molecule has 1 fully saturated rings. The highest BCUT2D eigenvalue weighted by Crippen LogP contribution is 2.22. The minimum atomic E-state index is -0.427. The summed E-state index contributed by atoms with van der Waals surface area (Å²) in [6.07, 6.45) is 1.20. The number of rotatable bonds is 3. The third kappa shape index (κ3) is 2.38. The molecular formula is C13H15N3O5. The lowest BCUT2D eigenvalue weighted by Crippen LogP contribution is -2.59. The van der Waals surface area contributed by atoms with Crippen LogP contribution in [0.25, 0.3) is 0 Å². The molecule has 8 nitrogen and oxygen atoms in total. The first-order valence-electron chi connectivity index (χ1n) is 6.61. The molecule has 0 saturated carbocycles. The molecule has 0 radical (unpaired) electrons. The number of carbonyl (C=O) groups is 2. The van der Waals surface area contributed by atoms with Crippen molar-refractivity contribution in [3.8, 4) is 5.75 Å². The monoisotopic (exact) mass is 293 g/mol. The predicted octanol–water partition coefficient (Wildman–Crippen LogP) is -0.828. The summed E-state index contributed by atoms with van der Waals surface area (Å²) in [5, 5.41) is 0. The van der Waals surface area contributed by atoms with Crippen molar-refractivity contribution >= 4 is 11.7 Å². The number of carbonyl (C=O) groups excluding carboxylic acids is 2. The van der Waals surface area contributed by atoms with Crippen LogP contribution < -0.4 is 15.6 Å². The molecule has 2 aliphatic heterocycles. The Morgan fingerprint density at radius 2 is 2.33 bits per heavy atom. The number of Topliss-reactive ketones (excluding diaryl/α,β-unsaturated/α-hetero) is 1. The number of ketones is 1. The van der Waals surface area contributed by atoms with Crippen molar-refractivity contribution in [3.05, 3.63) is 28.2 Å². The first kappa shape index (κ1) is 13.6. The number of hydrogen-bond donors (Lipinski definition) is 1. The van der Waals surface area contributed by atoms with E-state index >= 15 is 0 Å². The van der Waals surface area contributed by atoms with Gasteiger partial charge >= 0.3 is 0 Å². The molecule has 0 bridgehead atoms. The molecule has 1 amide bonds.